The van der Waals surface area contributed by atoms with E-state index in [0.717, 1.165) is 48.6 Å². The van der Waals surface area contributed by atoms with E-state index in [1.807, 2.05) is 25.3 Å². The van der Waals surface area contributed by atoms with Gasteiger partial charge in [0.05, 0.1) is 0 Å². The monoisotopic (exact) mass is 294 g/mol. The van der Waals surface area contributed by atoms with Crippen molar-refractivity contribution in [2.24, 2.45) is 0 Å². The molecule has 0 spiro atoms. The number of thioether (sulfide) groups is 1. The first-order valence-electron chi connectivity index (χ1n) is 7.27. The minimum absolute atomic E-state index is 0.0398. The highest BCUT2D eigenvalue weighted by molar-refractivity contribution is 7.98. The summed E-state index contributed by atoms with van der Waals surface area (Å²) < 4.78 is 0. The van der Waals surface area contributed by atoms with E-state index in [1.54, 1.807) is 11.8 Å². The number of carbonyl (C=O) groups excluding carboxylic acids is 1. The zero-order valence-electron chi connectivity index (χ0n) is 13.0. The van der Waals surface area contributed by atoms with Gasteiger partial charge in [-0.05, 0) is 56.9 Å². The Kier molecular flexibility index (Phi) is 7.70. The Hall–Kier alpha value is -1.00. The van der Waals surface area contributed by atoms with E-state index < -0.39 is 0 Å². The summed E-state index contributed by atoms with van der Waals surface area (Å²) in [5.41, 5.74) is 1.82. The number of nitrogens with one attached hydrogen (secondary N) is 1. The Labute approximate surface area is 127 Å². The van der Waals surface area contributed by atoms with E-state index in [1.165, 1.54) is 0 Å². The molecule has 3 nitrogen and oxygen atoms in total. The van der Waals surface area contributed by atoms with Gasteiger partial charge in [-0.25, -0.2) is 0 Å². The van der Waals surface area contributed by atoms with Crippen molar-refractivity contribution in [1.82, 2.24) is 10.2 Å². The van der Waals surface area contributed by atoms with E-state index in [9.17, 15) is 4.79 Å². The third-order valence-corrected chi connectivity index (χ3v) is 4.25. The van der Waals surface area contributed by atoms with Gasteiger partial charge < -0.3 is 10.2 Å². The number of hydrogen-bond donors (Lipinski definition) is 1. The largest absolute Gasteiger partial charge is 0.352 e. The van der Waals surface area contributed by atoms with Crippen LogP contribution in [0.1, 0.15) is 36.2 Å². The second-order valence-electron chi connectivity index (χ2n) is 4.82. The van der Waals surface area contributed by atoms with Gasteiger partial charge >= 0.3 is 0 Å². The van der Waals surface area contributed by atoms with Crippen LogP contribution < -0.4 is 5.32 Å². The molecule has 0 unspecified atom stereocenters. The maximum Gasteiger partial charge on any atom is 0.251 e. The predicted octanol–water partition coefficient (Wildman–Crippen LogP) is 3.18. The van der Waals surface area contributed by atoms with Crippen molar-refractivity contribution in [3.63, 3.8) is 0 Å². The zero-order valence-corrected chi connectivity index (χ0v) is 13.8. The van der Waals surface area contributed by atoms with Crippen LogP contribution in [-0.4, -0.2) is 43.2 Å². The van der Waals surface area contributed by atoms with E-state index in [-0.39, 0.29) is 5.91 Å². The molecule has 20 heavy (non-hydrogen) atoms. The Morgan fingerprint density at radius 1 is 1.30 bits per heavy atom. The lowest BCUT2D eigenvalue weighted by molar-refractivity contribution is 0.0951. The molecule has 0 saturated heterocycles. The van der Waals surface area contributed by atoms with Gasteiger partial charge in [0.25, 0.3) is 5.91 Å². The summed E-state index contributed by atoms with van der Waals surface area (Å²) in [6.45, 7) is 10.2. The van der Waals surface area contributed by atoms with Gasteiger partial charge in [-0.2, -0.15) is 0 Å². The second kappa shape index (κ2) is 9.03. The number of benzene rings is 1. The van der Waals surface area contributed by atoms with Crippen molar-refractivity contribution in [1.29, 1.82) is 0 Å². The Morgan fingerprint density at radius 3 is 2.60 bits per heavy atom. The number of nitrogens with zero attached hydrogens (tertiary/aromatic N) is 1. The molecule has 1 amide bonds. The van der Waals surface area contributed by atoms with Crippen LogP contribution in [0.3, 0.4) is 0 Å². The predicted molar refractivity (Wildman–Crippen MR) is 87.7 cm³/mol. The van der Waals surface area contributed by atoms with Gasteiger partial charge in [0.15, 0.2) is 0 Å². The fourth-order valence-corrected chi connectivity index (χ4v) is 2.55. The van der Waals surface area contributed by atoms with Gasteiger partial charge in [0, 0.05) is 17.0 Å². The maximum atomic E-state index is 12.2. The molecule has 0 aliphatic rings. The Morgan fingerprint density at radius 2 is 2.00 bits per heavy atom. The lowest BCUT2D eigenvalue weighted by atomic mass is 10.1. The highest BCUT2D eigenvalue weighted by Gasteiger charge is 2.09. The highest BCUT2D eigenvalue weighted by atomic mass is 32.2. The minimum atomic E-state index is 0.0398. The molecule has 1 aromatic carbocycles. The molecule has 0 saturated carbocycles. The second-order valence-corrected chi connectivity index (χ2v) is 5.70. The SMILES string of the molecule is CCN(CC)CCCNC(=O)c1cc(SC)ccc1C. The molecule has 1 N–H and O–H groups in total. The maximum absolute atomic E-state index is 12.2. The highest BCUT2D eigenvalue weighted by Crippen LogP contribution is 2.18. The Bertz CT molecular complexity index is 430. The molecule has 0 aliphatic carbocycles. The molecule has 0 heterocycles. The molecule has 0 aromatic heterocycles. The molecule has 0 fully saturated rings. The van der Waals surface area contributed by atoms with Gasteiger partial charge in [-0.15, -0.1) is 11.8 Å². The van der Waals surface area contributed by atoms with Crippen LogP contribution in [-0.2, 0) is 0 Å². The third kappa shape index (κ3) is 5.17. The first kappa shape index (κ1) is 17.1. The summed E-state index contributed by atoms with van der Waals surface area (Å²) in [6.07, 6.45) is 3.02. The molecule has 0 aliphatic heterocycles. The number of hydrogen-bond acceptors (Lipinski definition) is 3. The lowest BCUT2D eigenvalue weighted by Gasteiger charge is -2.17. The number of carbonyl (C=O) groups is 1. The standard InChI is InChI=1S/C16H26N2OS/c1-5-18(6-2)11-7-10-17-16(19)15-12-14(20-4)9-8-13(15)3/h8-9,12H,5-7,10-11H2,1-4H3,(H,17,19). The van der Waals surface area contributed by atoms with Crippen molar-refractivity contribution in [2.75, 3.05) is 32.4 Å². The van der Waals surface area contributed by atoms with E-state index in [2.05, 4.69) is 30.1 Å². The van der Waals surface area contributed by atoms with Crippen LogP contribution in [0, 0.1) is 6.92 Å². The van der Waals surface area contributed by atoms with Gasteiger partial charge in [-0.1, -0.05) is 19.9 Å². The minimum Gasteiger partial charge on any atom is -0.352 e. The van der Waals surface area contributed by atoms with E-state index >= 15 is 0 Å². The molecule has 1 rings (SSSR count). The van der Waals surface area contributed by atoms with E-state index in [0.29, 0.717) is 0 Å². The van der Waals surface area contributed by atoms with E-state index in [4.69, 9.17) is 0 Å². The first-order chi connectivity index (χ1) is 9.62. The van der Waals surface area contributed by atoms with Crippen molar-refractivity contribution in [3.8, 4) is 0 Å². The zero-order chi connectivity index (χ0) is 15.0. The van der Waals surface area contributed by atoms with Crippen molar-refractivity contribution < 1.29 is 4.79 Å². The van der Waals surface area contributed by atoms with Crippen molar-refractivity contribution >= 4 is 17.7 Å². The average Bonchev–Trinajstić information content (AvgIpc) is 2.47. The summed E-state index contributed by atoms with van der Waals surface area (Å²) in [5.74, 6) is 0.0398. The molecular formula is C16H26N2OS. The average molecular weight is 294 g/mol. The summed E-state index contributed by atoms with van der Waals surface area (Å²) in [7, 11) is 0. The first-order valence-corrected chi connectivity index (χ1v) is 8.50. The van der Waals surface area contributed by atoms with Crippen LogP contribution in [0.5, 0.6) is 0 Å². The molecular weight excluding hydrogens is 268 g/mol. The summed E-state index contributed by atoms with van der Waals surface area (Å²) in [6, 6.07) is 6.04. The molecule has 0 radical (unpaired) electrons. The summed E-state index contributed by atoms with van der Waals surface area (Å²) >= 11 is 1.66. The van der Waals surface area contributed by atoms with Gasteiger partial charge in [-0.3, -0.25) is 4.79 Å². The molecule has 0 atom stereocenters. The quantitative estimate of drug-likeness (QED) is 0.590. The molecule has 0 bridgehead atoms. The number of rotatable bonds is 8. The van der Waals surface area contributed by atoms with Crippen molar-refractivity contribution in [2.45, 2.75) is 32.1 Å². The molecule has 1 aromatic rings. The van der Waals surface area contributed by atoms with Crippen LogP contribution in [0.4, 0.5) is 0 Å². The van der Waals surface area contributed by atoms with Crippen LogP contribution in [0.15, 0.2) is 23.1 Å². The smallest absolute Gasteiger partial charge is 0.251 e. The fraction of sp³-hybridized carbons (Fsp3) is 0.562. The number of aryl methyl sites for hydroxylation is 1. The molecule has 4 heteroatoms. The third-order valence-electron chi connectivity index (χ3n) is 3.52. The van der Waals surface area contributed by atoms with Crippen LogP contribution in [0.2, 0.25) is 0 Å². The van der Waals surface area contributed by atoms with Crippen LogP contribution in [0.25, 0.3) is 0 Å². The van der Waals surface area contributed by atoms with Crippen LogP contribution >= 0.6 is 11.8 Å². The topological polar surface area (TPSA) is 32.3 Å². The van der Waals surface area contributed by atoms with Crippen molar-refractivity contribution in [3.05, 3.63) is 29.3 Å². The summed E-state index contributed by atoms with van der Waals surface area (Å²) in [4.78, 5) is 15.7. The Balaban J connectivity index is 2.47. The number of amides is 1. The van der Waals surface area contributed by atoms with Gasteiger partial charge in [0.2, 0.25) is 0 Å². The normalized spacial score (nSPS) is 10.8. The lowest BCUT2D eigenvalue weighted by Crippen LogP contribution is -2.30. The fourth-order valence-electron chi connectivity index (χ4n) is 2.11. The molecule has 112 valence electrons. The summed E-state index contributed by atoms with van der Waals surface area (Å²) in [5, 5.41) is 3.02. The van der Waals surface area contributed by atoms with Gasteiger partial charge in [0.1, 0.15) is 0 Å².